The average molecular weight is 450 g/mol. The zero-order chi connectivity index (χ0) is 23.3. The Morgan fingerprint density at radius 2 is 1.88 bits per heavy atom. The number of carbonyl (C=O) groups is 1. The minimum Gasteiger partial charge on any atom is -0.423 e. The van der Waals surface area contributed by atoms with E-state index < -0.39 is 8.07 Å². The first kappa shape index (κ1) is 24.0. The van der Waals surface area contributed by atoms with Crippen LogP contribution in [0.5, 0.6) is 0 Å². The molecule has 1 aliphatic carbocycles. The van der Waals surface area contributed by atoms with Gasteiger partial charge < -0.3 is 4.74 Å². The molecule has 32 heavy (non-hydrogen) atoms. The lowest BCUT2D eigenvalue weighted by molar-refractivity contribution is -0.137. The largest absolute Gasteiger partial charge is 0.423 e. The molecular weight excluding hydrogens is 414 g/mol. The van der Waals surface area contributed by atoms with Crippen molar-refractivity contribution >= 4 is 30.6 Å². The SMILES string of the molecule is CCn1nc(C)cc1/C(OC(=O)CCC1CCCC1)=C(\C#N)c1ccc([Si](C)(C)C)cc1. The Balaban J connectivity index is 1.98. The second kappa shape index (κ2) is 10.3. The van der Waals surface area contributed by atoms with Crippen LogP contribution >= 0.6 is 0 Å². The number of nitriles is 1. The van der Waals surface area contributed by atoms with E-state index in [4.69, 9.17) is 4.74 Å². The summed E-state index contributed by atoms with van der Waals surface area (Å²) >= 11 is 0. The molecular formula is C26H35N3O2Si. The normalized spacial score (nSPS) is 15.4. The van der Waals surface area contributed by atoms with Crippen LogP contribution in [0.25, 0.3) is 11.3 Å². The highest BCUT2D eigenvalue weighted by Gasteiger charge is 2.23. The minimum atomic E-state index is -1.45. The Kier molecular flexibility index (Phi) is 7.73. The van der Waals surface area contributed by atoms with Crippen molar-refractivity contribution in [3.63, 3.8) is 0 Å². The molecule has 0 N–H and O–H groups in total. The lowest BCUT2D eigenvalue weighted by Crippen LogP contribution is -2.37. The topological polar surface area (TPSA) is 67.9 Å². The molecule has 0 unspecified atom stereocenters. The van der Waals surface area contributed by atoms with Crippen molar-refractivity contribution in [1.82, 2.24) is 9.78 Å². The molecule has 0 atom stereocenters. The van der Waals surface area contributed by atoms with Gasteiger partial charge in [0.05, 0.1) is 13.8 Å². The van der Waals surface area contributed by atoms with E-state index in [1.165, 1.54) is 30.9 Å². The van der Waals surface area contributed by atoms with E-state index >= 15 is 0 Å². The molecule has 0 amide bonds. The fourth-order valence-electron chi connectivity index (χ4n) is 4.37. The quantitative estimate of drug-likeness (QED) is 0.226. The Morgan fingerprint density at radius 1 is 1.22 bits per heavy atom. The predicted molar refractivity (Wildman–Crippen MR) is 132 cm³/mol. The molecule has 5 nitrogen and oxygen atoms in total. The molecule has 170 valence electrons. The van der Waals surface area contributed by atoms with Crippen LogP contribution in [0.2, 0.25) is 19.6 Å². The summed E-state index contributed by atoms with van der Waals surface area (Å²) in [6.07, 6.45) is 6.14. The maximum atomic E-state index is 12.8. The first-order valence-electron chi connectivity index (χ1n) is 11.7. The van der Waals surface area contributed by atoms with Gasteiger partial charge in [0.1, 0.15) is 17.3 Å². The predicted octanol–water partition coefficient (Wildman–Crippen LogP) is 5.66. The number of hydrogen-bond acceptors (Lipinski definition) is 4. The van der Waals surface area contributed by atoms with Crippen molar-refractivity contribution in [2.24, 2.45) is 5.92 Å². The smallest absolute Gasteiger partial charge is 0.311 e. The number of aromatic nitrogens is 2. The van der Waals surface area contributed by atoms with Gasteiger partial charge in [-0.2, -0.15) is 10.4 Å². The van der Waals surface area contributed by atoms with Gasteiger partial charge in [0.25, 0.3) is 0 Å². The van der Waals surface area contributed by atoms with Crippen LogP contribution in [0.4, 0.5) is 0 Å². The van der Waals surface area contributed by atoms with Crippen LogP contribution in [0.3, 0.4) is 0 Å². The first-order valence-corrected chi connectivity index (χ1v) is 15.2. The van der Waals surface area contributed by atoms with Gasteiger partial charge in [-0.25, -0.2) is 0 Å². The Hall–Kier alpha value is -2.65. The zero-order valence-electron chi connectivity index (χ0n) is 20.1. The number of nitrogens with zero attached hydrogens (tertiary/aromatic N) is 3. The maximum absolute atomic E-state index is 12.8. The molecule has 0 spiro atoms. The van der Waals surface area contributed by atoms with Crippen molar-refractivity contribution in [3.05, 3.63) is 47.3 Å². The van der Waals surface area contributed by atoms with E-state index in [2.05, 4.69) is 42.9 Å². The third kappa shape index (κ3) is 5.77. The average Bonchev–Trinajstić information content (AvgIpc) is 3.41. The number of hydrogen-bond donors (Lipinski definition) is 0. The fourth-order valence-corrected chi connectivity index (χ4v) is 5.54. The number of benzene rings is 1. The summed E-state index contributed by atoms with van der Waals surface area (Å²) in [5, 5.41) is 15.9. The van der Waals surface area contributed by atoms with Gasteiger partial charge in [0.15, 0.2) is 5.76 Å². The van der Waals surface area contributed by atoms with Gasteiger partial charge >= 0.3 is 5.97 Å². The number of allylic oxidation sites excluding steroid dienone is 1. The molecule has 1 aromatic heterocycles. The van der Waals surface area contributed by atoms with Crippen LogP contribution in [0.1, 0.15) is 62.4 Å². The fraction of sp³-hybridized carbons (Fsp3) is 0.500. The van der Waals surface area contributed by atoms with E-state index in [9.17, 15) is 10.1 Å². The summed E-state index contributed by atoms with van der Waals surface area (Å²) in [7, 11) is -1.45. The van der Waals surface area contributed by atoms with E-state index in [1.54, 1.807) is 4.68 Å². The number of aryl methyl sites for hydroxylation is 2. The molecule has 1 fully saturated rings. The van der Waals surface area contributed by atoms with Crippen molar-refractivity contribution in [2.75, 3.05) is 0 Å². The van der Waals surface area contributed by atoms with E-state index in [1.807, 2.05) is 32.0 Å². The van der Waals surface area contributed by atoms with Crippen molar-refractivity contribution in [2.45, 2.75) is 78.6 Å². The summed E-state index contributed by atoms with van der Waals surface area (Å²) in [5.41, 5.74) is 2.63. The monoisotopic (exact) mass is 449 g/mol. The highest BCUT2D eigenvalue weighted by molar-refractivity contribution is 6.88. The lowest BCUT2D eigenvalue weighted by Gasteiger charge is -2.17. The Bertz CT molecular complexity index is 1020. The highest BCUT2D eigenvalue weighted by Crippen LogP contribution is 2.31. The number of rotatable bonds is 8. The highest BCUT2D eigenvalue weighted by atomic mass is 28.3. The zero-order valence-corrected chi connectivity index (χ0v) is 21.1. The van der Waals surface area contributed by atoms with Gasteiger partial charge in [-0.15, -0.1) is 0 Å². The van der Waals surface area contributed by atoms with Crippen LogP contribution in [-0.2, 0) is 16.1 Å². The van der Waals surface area contributed by atoms with E-state index in [-0.39, 0.29) is 5.97 Å². The standard InChI is InChI=1S/C26H35N3O2Si/c1-6-29-24(17-19(2)28-29)26(31-25(30)16-11-20-9-7-8-10-20)23(18-27)21-12-14-22(15-13-21)32(3,4)5/h12-15,17,20H,6-11,16H2,1-5H3/b26-23-. The molecule has 0 saturated heterocycles. The number of esters is 1. The molecule has 1 heterocycles. The van der Waals surface area contributed by atoms with E-state index in [0.717, 1.165) is 17.7 Å². The summed E-state index contributed by atoms with van der Waals surface area (Å²) in [6, 6.07) is 12.3. The van der Waals surface area contributed by atoms with Crippen molar-refractivity contribution in [3.8, 4) is 6.07 Å². The molecule has 1 aliphatic rings. The molecule has 1 saturated carbocycles. The lowest BCUT2D eigenvalue weighted by atomic mass is 10.0. The number of ether oxygens (including phenoxy) is 1. The van der Waals surface area contributed by atoms with Crippen LogP contribution in [0, 0.1) is 24.2 Å². The Labute approximate surface area is 193 Å². The molecule has 0 aliphatic heterocycles. The molecule has 1 aromatic carbocycles. The summed E-state index contributed by atoms with van der Waals surface area (Å²) in [5.74, 6) is 0.648. The minimum absolute atomic E-state index is 0.278. The maximum Gasteiger partial charge on any atom is 0.311 e. The van der Waals surface area contributed by atoms with Gasteiger partial charge in [-0.1, -0.05) is 74.8 Å². The molecule has 0 bridgehead atoms. The second-order valence-electron chi connectivity index (χ2n) is 9.79. The van der Waals surface area contributed by atoms with Crippen molar-refractivity contribution < 1.29 is 9.53 Å². The van der Waals surface area contributed by atoms with E-state index in [0.29, 0.717) is 35.9 Å². The van der Waals surface area contributed by atoms with Crippen LogP contribution in [0.15, 0.2) is 30.3 Å². The molecule has 6 heteroatoms. The third-order valence-corrected chi connectivity index (χ3v) is 8.33. The number of carbonyl (C=O) groups excluding carboxylic acids is 1. The van der Waals surface area contributed by atoms with Crippen molar-refractivity contribution in [1.29, 1.82) is 5.26 Å². The summed E-state index contributed by atoms with van der Waals surface area (Å²) < 4.78 is 7.72. The first-order chi connectivity index (χ1) is 15.2. The molecule has 3 rings (SSSR count). The summed E-state index contributed by atoms with van der Waals surface area (Å²) in [4.78, 5) is 12.8. The van der Waals surface area contributed by atoms with Crippen LogP contribution < -0.4 is 5.19 Å². The van der Waals surface area contributed by atoms with Gasteiger partial charge in [-0.3, -0.25) is 9.48 Å². The molecule has 0 radical (unpaired) electrons. The van der Waals surface area contributed by atoms with Gasteiger partial charge in [0, 0.05) is 13.0 Å². The Morgan fingerprint density at radius 3 is 2.44 bits per heavy atom. The summed E-state index contributed by atoms with van der Waals surface area (Å²) in [6.45, 7) is 11.4. The molecule has 2 aromatic rings. The third-order valence-electron chi connectivity index (χ3n) is 6.26. The van der Waals surface area contributed by atoms with Gasteiger partial charge in [-0.05, 0) is 37.8 Å². The van der Waals surface area contributed by atoms with Gasteiger partial charge in [0.2, 0.25) is 0 Å². The van der Waals surface area contributed by atoms with Crippen LogP contribution in [-0.4, -0.2) is 23.8 Å². The second-order valence-corrected chi connectivity index (χ2v) is 14.9.